The molecule has 3 saturated carbocycles. The van der Waals surface area contributed by atoms with Crippen molar-refractivity contribution in [3.05, 3.63) is 34.3 Å². The number of ether oxygens (including phenoxy) is 3. The van der Waals surface area contributed by atoms with Crippen molar-refractivity contribution in [3.8, 4) is 0 Å². The van der Waals surface area contributed by atoms with Crippen LogP contribution in [0, 0.1) is 23.7 Å². The lowest BCUT2D eigenvalue weighted by Crippen LogP contribution is -2.65. The Morgan fingerprint density at radius 2 is 1.26 bits per heavy atom. The molecule has 8 rings (SSSR count). The van der Waals surface area contributed by atoms with E-state index in [2.05, 4.69) is 16.0 Å². The summed E-state index contributed by atoms with van der Waals surface area (Å²) in [5.74, 6) is -9.16. The third-order valence-electron chi connectivity index (χ3n) is 24.2. The Kier molecular flexibility index (Phi) is 33.2. The van der Waals surface area contributed by atoms with E-state index >= 15 is 33.6 Å². The molecule has 7 aliphatic rings. The Bertz CT molecular complexity index is 3400. The van der Waals surface area contributed by atoms with Crippen molar-refractivity contribution >= 4 is 82.5 Å². The van der Waals surface area contributed by atoms with Crippen LogP contribution in [0.15, 0.2) is 18.2 Å². The molecule has 1 aromatic carbocycles. The Balaban J connectivity index is 1.21. The van der Waals surface area contributed by atoms with Gasteiger partial charge in [0.15, 0.2) is 6.29 Å². The highest BCUT2D eigenvalue weighted by atomic mass is 35.5. The summed E-state index contributed by atoms with van der Waals surface area (Å²) in [6, 6.07) is -6.00. The van der Waals surface area contributed by atoms with E-state index in [1.807, 2.05) is 20.8 Å². The van der Waals surface area contributed by atoms with Gasteiger partial charge in [-0.3, -0.25) is 57.5 Å². The molecule has 4 aliphatic heterocycles. The first-order valence-electron chi connectivity index (χ1n) is 40.7. The number of piperidine rings is 1. The monoisotopic (exact) mass is 1580 g/mol. The molecule has 1 aromatic rings. The predicted molar refractivity (Wildman–Crippen MR) is 408 cm³/mol. The Hall–Kier alpha value is -7.18. The minimum Gasteiger partial charge on any atom is -0.374 e. The summed E-state index contributed by atoms with van der Waals surface area (Å²) in [7, 11) is 10.00. The largest absolute Gasteiger partial charge is 0.417 e. The van der Waals surface area contributed by atoms with Crippen LogP contribution >= 0.6 is 11.6 Å². The maximum atomic E-state index is 16.1. The molecule has 0 radical (unpaired) electrons. The molecule has 3 N–H and O–H groups in total. The zero-order valence-electron chi connectivity index (χ0n) is 67.4. The van der Waals surface area contributed by atoms with E-state index in [1.165, 1.54) is 79.9 Å². The van der Waals surface area contributed by atoms with Gasteiger partial charge >= 0.3 is 6.18 Å². The number of likely N-dealkylation sites (tertiary alicyclic amines) is 1. The smallest absolute Gasteiger partial charge is 0.374 e. The molecule has 0 bridgehead atoms. The number of aryl methyl sites for hydroxylation is 1. The molecular formula is C80H124ClF3N12O15. The average molecular weight is 1590 g/mol. The Labute approximate surface area is 658 Å². The summed E-state index contributed by atoms with van der Waals surface area (Å²) >= 11 is 6.25. The van der Waals surface area contributed by atoms with Crippen LogP contribution in [-0.2, 0) is 84.3 Å². The topological polar surface area (TPSA) is 298 Å². The van der Waals surface area contributed by atoms with Crippen molar-refractivity contribution < 1.29 is 84.9 Å². The van der Waals surface area contributed by atoms with Crippen molar-refractivity contribution in [1.29, 1.82) is 0 Å². The summed E-state index contributed by atoms with van der Waals surface area (Å²) in [5, 5.41) is 8.25. The molecule has 0 aromatic heterocycles. The minimum atomic E-state index is -4.79. The lowest BCUT2D eigenvalue weighted by molar-refractivity contribution is -0.171. The van der Waals surface area contributed by atoms with E-state index in [0.717, 1.165) is 97.5 Å². The van der Waals surface area contributed by atoms with Crippen molar-refractivity contribution in [3.63, 3.8) is 0 Å². The number of hydrogen-bond donors (Lipinski definition) is 3. The van der Waals surface area contributed by atoms with Gasteiger partial charge in [0.1, 0.15) is 47.8 Å². The molecule has 10 atom stereocenters. The van der Waals surface area contributed by atoms with Crippen LogP contribution in [0.1, 0.15) is 206 Å². The van der Waals surface area contributed by atoms with Gasteiger partial charge in [-0.25, -0.2) is 0 Å². The van der Waals surface area contributed by atoms with Crippen LogP contribution in [0.3, 0.4) is 0 Å². The predicted octanol–water partition coefficient (Wildman–Crippen LogP) is 6.96. The number of halogens is 4. The molecular weight excluding hydrogens is 1460 g/mol. The van der Waals surface area contributed by atoms with Gasteiger partial charge < -0.3 is 74.3 Å². The molecule has 7 fully saturated rings. The van der Waals surface area contributed by atoms with Gasteiger partial charge in [-0.1, -0.05) is 116 Å². The van der Waals surface area contributed by atoms with Crippen molar-refractivity contribution in [2.24, 2.45) is 23.7 Å². The summed E-state index contributed by atoms with van der Waals surface area (Å²) in [4.78, 5) is 194. The van der Waals surface area contributed by atoms with E-state index < -0.39 is 186 Å². The van der Waals surface area contributed by atoms with E-state index in [1.54, 1.807) is 11.8 Å². The highest BCUT2D eigenvalue weighted by Gasteiger charge is 2.53. The van der Waals surface area contributed by atoms with Crippen molar-refractivity contribution in [1.82, 2.24) is 60.0 Å². The molecule has 27 nitrogen and oxygen atoms in total. The second-order valence-electron chi connectivity index (χ2n) is 32.9. The molecule has 4 saturated heterocycles. The fraction of sp³-hybridized carbons (Fsp3) is 0.775. The van der Waals surface area contributed by atoms with E-state index in [-0.39, 0.29) is 82.1 Å². The molecule has 3 aliphatic carbocycles. The van der Waals surface area contributed by atoms with Crippen LogP contribution < -0.4 is 16.0 Å². The first kappa shape index (κ1) is 89.4. The van der Waals surface area contributed by atoms with Crippen LogP contribution in [0.4, 0.5) is 13.2 Å². The summed E-state index contributed by atoms with van der Waals surface area (Å²) < 4.78 is 60.4. The van der Waals surface area contributed by atoms with Gasteiger partial charge in [0.25, 0.3) is 0 Å². The van der Waals surface area contributed by atoms with Crippen molar-refractivity contribution in [2.45, 2.75) is 267 Å². The van der Waals surface area contributed by atoms with E-state index in [9.17, 15) is 37.1 Å². The van der Waals surface area contributed by atoms with Gasteiger partial charge in [0.2, 0.25) is 70.9 Å². The highest BCUT2D eigenvalue weighted by Crippen LogP contribution is 2.39. The first-order valence-corrected chi connectivity index (χ1v) is 41.0. The number of alkyl halides is 3. The second-order valence-corrected chi connectivity index (χ2v) is 33.3. The van der Waals surface area contributed by atoms with Gasteiger partial charge in [-0.15, -0.1) is 0 Å². The number of likely N-dealkylation sites (N-methyl/N-ethyl adjacent to an activating group) is 7. The fourth-order valence-electron chi connectivity index (χ4n) is 17.2. The number of nitrogens with one attached hydrogen (secondary N) is 3. The number of rotatable bonds is 16. The molecule has 31 heteroatoms. The lowest BCUT2D eigenvalue weighted by atomic mass is 9.81. The van der Waals surface area contributed by atoms with Crippen LogP contribution in [0.25, 0.3) is 0 Å². The zero-order chi connectivity index (χ0) is 81.2. The third kappa shape index (κ3) is 23.7. The summed E-state index contributed by atoms with van der Waals surface area (Å²) in [6.45, 7) is 6.72. The van der Waals surface area contributed by atoms with Gasteiger partial charge in [-0.2, -0.15) is 13.2 Å². The van der Waals surface area contributed by atoms with E-state index in [4.69, 9.17) is 25.8 Å². The second kappa shape index (κ2) is 41.2. The summed E-state index contributed by atoms with van der Waals surface area (Å²) in [5.41, 5.74) is -2.48. The van der Waals surface area contributed by atoms with Crippen LogP contribution in [0.5, 0.6) is 0 Å². The van der Waals surface area contributed by atoms with E-state index in [0.29, 0.717) is 71.1 Å². The number of carbonyl (C=O) groups is 12. The van der Waals surface area contributed by atoms with Gasteiger partial charge in [0, 0.05) is 82.0 Å². The van der Waals surface area contributed by atoms with Crippen molar-refractivity contribution in [2.75, 3.05) is 108 Å². The normalized spacial score (nSPS) is 27.6. The van der Waals surface area contributed by atoms with Gasteiger partial charge in [-0.05, 0) is 131 Å². The summed E-state index contributed by atoms with van der Waals surface area (Å²) in [6.07, 6.45) is 7.02. The number of fused-ring (bicyclic) bond motifs is 1. The number of hydrogen-bond acceptors (Lipinski definition) is 15. The number of benzene rings is 1. The third-order valence-corrected chi connectivity index (χ3v) is 24.6. The van der Waals surface area contributed by atoms with Gasteiger partial charge in [0.05, 0.1) is 56.0 Å². The SMILES string of the molecule is CC[C@H](C)[C@@H]1NC(=O)[C@H](CC(C)C)N(C)C(=O)C[C@@H](C(=O)N2CCCCC2)N(C)C(=O)[C@H](C2CCCCC2)N(C)C(=O)C2(CCCC2)NC(=O)[C@@H]2C[C@H](OCCOC3CCCCO3)CN2C(=O)[C@H](CCc2ccc(C(F)(F)F)c(Cl)c2)NC(=O)CN(C)C(=O)[C@H](CC2CCCCC2)N(C)C(=O)CN(C)C(=O)CN(C)C1=O. The Morgan fingerprint density at radius 1 is 0.649 bits per heavy atom. The molecule has 622 valence electrons. The molecule has 4 heterocycles. The van der Waals surface area contributed by atoms with Crippen LogP contribution in [0.2, 0.25) is 5.02 Å². The minimum absolute atomic E-state index is 0.00677. The standard InChI is InChI=1S/C80H124ClF3N12O15/c1-12-52(4)69-76(106)90(7)49-66(99)88(5)50-67(100)92(9)62(44-53-26-16-13-17-27-53)74(104)89(6)48-64(97)85-59(34-32-54-31-33-57(58(81)43-54)80(82,83)84)73(103)96-47-56(109-40-41-111-68-30-20-25-39-110-68)45-61(96)72(102)87-79(35-21-22-36-79)78(108)94(11)70(55-28-18-14-19-29-55)77(107)93(10)63(75(105)95-37-23-15-24-38-95)46-65(98)91(8)60(42-51(2)3)71(101)86-69/h31,33,43,51-53,55-56,59-63,68-70H,12-30,32,34-42,44-50H2,1-11H3,(H,85,97)(H,86,101)(H,87,102)/t52-,56-,59-,60-,61-,62-,63-,68?,69-,70-/m0/s1. The van der Waals surface area contributed by atoms with Crippen LogP contribution in [-0.4, -0.2) is 284 Å². The maximum Gasteiger partial charge on any atom is 0.417 e. The number of nitrogens with zero attached hydrogens (tertiary/aromatic N) is 9. The fourth-order valence-corrected chi connectivity index (χ4v) is 17.5. The molecule has 111 heavy (non-hydrogen) atoms. The molecule has 12 amide bonds. The Morgan fingerprint density at radius 3 is 1.88 bits per heavy atom. The molecule has 1 unspecified atom stereocenters. The molecule has 1 spiro atoms. The quantitative estimate of drug-likeness (QED) is 0.141. The first-order chi connectivity index (χ1) is 52.6. The lowest BCUT2D eigenvalue weighted by Gasteiger charge is -2.43. The average Bonchev–Trinajstić information content (AvgIpc) is 1.74. The maximum absolute atomic E-state index is 16.1. The highest BCUT2D eigenvalue weighted by molar-refractivity contribution is 6.31. The number of carbonyl (C=O) groups excluding carboxylic acids is 12. The zero-order valence-corrected chi connectivity index (χ0v) is 68.1. The number of amides is 12.